The molecule has 0 unspecified atom stereocenters. The second-order valence-corrected chi connectivity index (χ2v) is 11.9. The monoisotopic (exact) mass is 593 g/mol. The summed E-state index contributed by atoms with van der Waals surface area (Å²) in [5, 5.41) is 0. The Morgan fingerprint density at radius 3 is 0.762 bits per heavy atom. The lowest BCUT2D eigenvalue weighted by Crippen LogP contribution is -2.01. The summed E-state index contributed by atoms with van der Waals surface area (Å²) in [5.41, 5.74) is 0. The molecule has 0 aromatic rings. The zero-order chi connectivity index (χ0) is 31.2. The molecule has 0 saturated heterocycles. The van der Waals surface area contributed by atoms with Crippen LogP contribution in [0.2, 0.25) is 0 Å². The molecule has 0 bridgehead atoms. The van der Waals surface area contributed by atoms with Crippen LogP contribution < -0.4 is 0 Å². The van der Waals surface area contributed by atoms with E-state index in [-0.39, 0.29) is 11.9 Å². The molecule has 0 rings (SSSR count). The Hall–Kier alpha value is -1.58. The fourth-order valence-corrected chi connectivity index (χ4v) is 5.06. The highest BCUT2D eigenvalue weighted by Gasteiger charge is 1.98. The van der Waals surface area contributed by atoms with Crippen LogP contribution >= 0.6 is 0 Å². The molecule has 42 heavy (non-hydrogen) atoms. The van der Waals surface area contributed by atoms with E-state index in [0.29, 0.717) is 13.2 Å². The van der Waals surface area contributed by atoms with Gasteiger partial charge in [0.2, 0.25) is 0 Å². The lowest BCUT2D eigenvalue weighted by molar-refractivity contribution is -0.138. The Labute approximate surface area is 262 Å². The molecule has 0 aromatic heterocycles. The second-order valence-electron chi connectivity index (χ2n) is 11.9. The highest BCUT2D eigenvalue weighted by molar-refractivity contribution is 5.81. The molecule has 0 N–H and O–H groups in total. The molecule has 0 aliphatic rings. The molecule has 0 radical (unpaired) electrons. The summed E-state index contributed by atoms with van der Waals surface area (Å²) in [6.07, 6.45) is 40.1. The summed E-state index contributed by atoms with van der Waals surface area (Å²) in [6, 6.07) is 0. The molecule has 4 nitrogen and oxygen atoms in total. The van der Waals surface area contributed by atoms with E-state index < -0.39 is 0 Å². The van der Waals surface area contributed by atoms with Crippen molar-refractivity contribution in [2.24, 2.45) is 0 Å². The van der Waals surface area contributed by atoms with Gasteiger partial charge in [0.15, 0.2) is 0 Å². The minimum atomic E-state index is -0.301. The summed E-state index contributed by atoms with van der Waals surface area (Å²) in [4.78, 5) is 21.6. The van der Waals surface area contributed by atoms with Crippen LogP contribution in [0.3, 0.4) is 0 Å². The number of unbranched alkanes of at least 4 members (excludes halogenated alkanes) is 26. The highest BCUT2D eigenvalue weighted by atomic mass is 16.5. The minimum Gasteiger partial charge on any atom is -0.463 e. The summed E-state index contributed by atoms with van der Waals surface area (Å²) in [5.74, 6) is -0.602. The molecule has 0 aliphatic carbocycles. The number of carbonyl (C=O) groups is 2. The van der Waals surface area contributed by atoms with Gasteiger partial charge in [0.1, 0.15) is 0 Å². The molecular formula is C38H72O4. The Balaban J connectivity index is 0. The van der Waals surface area contributed by atoms with Gasteiger partial charge in [0, 0.05) is 12.2 Å². The molecule has 0 fully saturated rings. The predicted octanol–water partition coefficient (Wildman–Crippen LogP) is 12.4. The van der Waals surface area contributed by atoms with Gasteiger partial charge in [-0.05, 0) is 12.8 Å². The van der Waals surface area contributed by atoms with Crippen LogP contribution in [0, 0.1) is 0 Å². The van der Waals surface area contributed by atoms with Crippen LogP contribution in [0.25, 0.3) is 0 Å². The van der Waals surface area contributed by atoms with E-state index in [4.69, 9.17) is 9.47 Å². The minimum absolute atomic E-state index is 0.301. The molecule has 0 saturated carbocycles. The van der Waals surface area contributed by atoms with Crippen molar-refractivity contribution in [3.05, 3.63) is 25.3 Å². The van der Waals surface area contributed by atoms with Crippen molar-refractivity contribution in [1.82, 2.24) is 0 Å². The third kappa shape index (κ3) is 40.6. The standard InChI is InChI=1S/2C19H36O2/c2*1-3-5-6-7-8-9-10-11-12-13-14-15-16-17-18-21-19(20)4-2/h2*4H,2-3,5-18H2,1H3. The summed E-state index contributed by atoms with van der Waals surface area (Å²) in [7, 11) is 0. The average Bonchev–Trinajstić information content (AvgIpc) is 3.01. The van der Waals surface area contributed by atoms with Crippen molar-refractivity contribution >= 4 is 11.9 Å². The van der Waals surface area contributed by atoms with Gasteiger partial charge < -0.3 is 9.47 Å². The van der Waals surface area contributed by atoms with Crippen LogP contribution in [-0.2, 0) is 19.1 Å². The fraction of sp³-hybridized carbons (Fsp3) is 0.842. The zero-order valence-corrected chi connectivity index (χ0v) is 28.4. The maximum absolute atomic E-state index is 10.8. The van der Waals surface area contributed by atoms with Gasteiger partial charge >= 0.3 is 11.9 Å². The first-order chi connectivity index (χ1) is 20.6. The zero-order valence-electron chi connectivity index (χ0n) is 28.4. The fourth-order valence-electron chi connectivity index (χ4n) is 5.06. The molecule has 0 spiro atoms. The predicted molar refractivity (Wildman–Crippen MR) is 183 cm³/mol. The Morgan fingerprint density at radius 2 is 0.571 bits per heavy atom. The van der Waals surface area contributed by atoms with Gasteiger partial charge in [-0.25, -0.2) is 9.59 Å². The molecule has 0 heterocycles. The van der Waals surface area contributed by atoms with Crippen molar-refractivity contribution < 1.29 is 19.1 Å². The van der Waals surface area contributed by atoms with E-state index in [2.05, 4.69) is 27.0 Å². The Morgan fingerprint density at radius 1 is 0.381 bits per heavy atom. The van der Waals surface area contributed by atoms with E-state index in [9.17, 15) is 9.59 Å². The van der Waals surface area contributed by atoms with E-state index in [0.717, 1.165) is 12.8 Å². The Kier molecular flexibility index (Phi) is 39.9. The first-order valence-electron chi connectivity index (χ1n) is 18.2. The number of hydrogen-bond acceptors (Lipinski definition) is 4. The first kappa shape index (κ1) is 42.6. The topological polar surface area (TPSA) is 52.6 Å². The number of ether oxygens (including phenoxy) is 2. The molecule has 0 atom stereocenters. The van der Waals surface area contributed by atoms with Gasteiger partial charge in [0.05, 0.1) is 13.2 Å². The van der Waals surface area contributed by atoms with Gasteiger partial charge in [0.25, 0.3) is 0 Å². The SMILES string of the molecule is C=CC(=O)OCCCCCCCCCCCCCCCC.C=CC(=O)OCCCCCCCCCCCCCCCC. The van der Waals surface area contributed by atoms with Crippen molar-refractivity contribution in [2.75, 3.05) is 13.2 Å². The lowest BCUT2D eigenvalue weighted by atomic mass is 10.0. The summed E-state index contributed by atoms with van der Waals surface area (Å²) in [6.45, 7) is 12.4. The Bertz CT molecular complexity index is 521. The van der Waals surface area contributed by atoms with Crippen LogP contribution in [0.4, 0.5) is 0 Å². The van der Waals surface area contributed by atoms with Crippen molar-refractivity contribution in [3.8, 4) is 0 Å². The molecule has 4 heteroatoms. The van der Waals surface area contributed by atoms with E-state index in [1.54, 1.807) is 0 Å². The van der Waals surface area contributed by atoms with E-state index in [1.807, 2.05) is 0 Å². The van der Waals surface area contributed by atoms with Crippen molar-refractivity contribution in [3.63, 3.8) is 0 Å². The highest BCUT2D eigenvalue weighted by Crippen LogP contribution is 2.14. The number of hydrogen-bond donors (Lipinski definition) is 0. The van der Waals surface area contributed by atoms with Crippen LogP contribution in [0.1, 0.15) is 194 Å². The lowest BCUT2D eigenvalue weighted by Gasteiger charge is -2.03. The third-order valence-corrected chi connectivity index (χ3v) is 7.82. The normalized spacial score (nSPS) is 10.5. The van der Waals surface area contributed by atoms with E-state index in [1.165, 1.54) is 179 Å². The average molecular weight is 593 g/mol. The number of rotatable bonds is 32. The maximum atomic E-state index is 10.8. The van der Waals surface area contributed by atoms with Gasteiger partial charge in [-0.1, -0.05) is 194 Å². The molecular weight excluding hydrogens is 520 g/mol. The summed E-state index contributed by atoms with van der Waals surface area (Å²) < 4.78 is 9.88. The number of esters is 2. The smallest absolute Gasteiger partial charge is 0.330 e. The maximum Gasteiger partial charge on any atom is 0.330 e. The molecule has 0 amide bonds. The number of carbonyl (C=O) groups excluding carboxylic acids is 2. The largest absolute Gasteiger partial charge is 0.463 e. The molecule has 248 valence electrons. The van der Waals surface area contributed by atoms with Crippen LogP contribution in [0.5, 0.6) is 0 Å². The van der Waals surface area contributed by atoms with Crippen molar-refractivity contribution in [1.29, 1.82) is 0 Å². The quantitative estimate of drug-likeness (QED) is 0.0443. The third-order valence-electron chi connectivity index (χ3n) is 7.82. The van der Waals surface area contributed by atoms with Gasteiger partial charge in [-0.2, -0.15) is 0 Å². The summed E-state index contributed by atoms with van der Waals surface area (Å²) >= 11 is 0. The van der Waals surface area contributed by atoms with Crippen LogP contribution in [-0.4, -0.2) is 25.2 Å². The molecule has 0 aliphatic heterocycles. The second kappa shape index (κ2) is 39.4. The molecule has 0 aromatic carbocycles. The van der Waals surface area contributed by atoms with Crippen LogP contribution in [0.15, 0.2) is 25.3 Å². The van der Waals surface area contributed by atoms with Gasteiger partial charge in [-0.15, -0.1) is 0 Å². The van der Waals surface area contributed by atoms with Crippen molar-refractivity contribution in [2.45, 2.75) is 194 Å². The van der Waals surface area contributed by atoms with E-state index >= 15 is 0 Å². The first-order valence-corrected chi connectivity index (χ1v) is 18.2. The van der Waals surface area contributed by atoms with Gasteiger partial charge in [-0.3, -0.25) is 0 Å².